The van der Waals surface area contributed by atoms with Crippen molar-refractivity contribution < 1.29 is 0 Å². The number of rotatable bonds is 6. The fourth-order valence-corrected chi connectivity index (χ4v) is 2.12. The molecule has 7 heteroatoms. The molecule has 2 rings (SSSR count). The summed E-state index contributed by atoms with van der Waals surface area (Å²) in [5.41, 5.74) is 1.07. The molecule has 0 atom stereocenters. The maximum absolute atomic E-state index is 5.98. The number of unbranched alkanes of at least 4 members (excludes halogenated alkanes) is 3. The summed E-state index contributed by atoms with van der Waals surface area (Å²) >= 11 is 11.9. The first-order chi connectivity index (χ1) is 9.22. The third-order valence-corrected chi connectivity index (χ3v) is 3.18. The van der Waals surface area contributed by atoms with Gasteiger partial charge in [-0.1, -0.05) is 37.8 Å². The monoisotopic (exact) mass is 299 g/mol. The van der Waals surface area contributed by atoms with E-state index < -0.39 is 0 Å². The van der Waals surface area contributed by atoms with Crippen LogP contribution in [0.4, 0.5) is 5.82 Å². The van der Waals surface area contributed by atoms with Gasteiger partial charge in [0.1, 0.15) is 17.4 Å². The van der Waals surface area contributed by atoms with Crippen LogP contribution in [0.2, 0.25) is 10.4 Å². The third kappa shape index (κ3) is 3.64. The summed E-state index contributed by atoms with van der Waals surface area (Å²) < 4.78 is 0. The van der Waals surface area contributed by atoms with Gasteiger partial charge in [0.2, 0.25) is 5.28 Å². The van der Waals surface area contributed by atoms with Crippen LogP contribution in [0.25, 0.3) is 11.0 Å². The van der Waals surface area contributed by atoms with Crippen molar-refractivity contribution in [3.05, 3.63) is 16.8 Å². The minimum Gasteiger partial charge on any atom is -0.368 e. The second-order valence-corrected chi connectivity index (χ2v) is 4.89. The first-order valence-corrected chi connectivity index (χ1v) is 7.05. The smallest absolute Gasteiger partial charge is 0.225 e. The normalized spacial score (nSPS) is 10.9. The Hall–Kier alpha value is -1.20. The zero-order valence-corrected chi connectivity index (χ0v) is 12.2. The standard InChI is InChI=1S/C12H15Cl2N5/c1-2-3-4-5-6-15-11-9-8(18-12(14)19-11)10(13)17-7-16-9/h7H,2-6H2,1H3,(H,15,18,19). The molecule has 0 aliphatic rings. The first kappa shape index (κ1) is 14.2. The molecule has 0 aromatic carbocycles. The fraction of sp³-hybridized carbons (Fsp3) is 0.500. The number of halogens is 2. The number of fused-ring (bicyclic) bond motifs is 1. The average molecular weight is 300 g/mol. The molecule has 0 radical (unpaired) electrons. The van der Waals surface area contributed by atoms with E-state index in [1.165, 1.54) is 25.6 Å². The molecule has 0 saturated carbocycles. The predicted octanol–water partition coefficient (Wildman–Crippen LogP) is 3.72. The van der Waals surface area contributed by atoms with E-state index in [1.807, 2.05) is 0 Å². The van der Waals surface area contributed by atoms with Gasteiger partial charge < -0.3 is 5.32 Å². The highest BCUT2D eigenvalue weighted by atomic mass is 35.5. The van der Waals surface area contributed by atoms with Crippen molar-refractivity contribution in [3.8, 4) is 0 Å². The molecule has 0 aliphatic carbocycles. The van der Waals surface area contributed by atoms with Gasteiger partial charge in [-0.05, 0) is 18.0 Å². The highest BCUT2D eigenvalue weighted by molar-refractivity contribution is 6.34. The molecule has 2 aromatic rings. The van der Waals surface area contributed by atoms with Crippen molar-refractivity contribution in [2.75, 3.05) is 11.9 Å². The minimum absolute atomic E-state index is 0.139. The van der Waals surface area contributed by atoms with E-state index in [2.05, 4.69) is 32.2 Å². The van der Waals surface area contributed by atoms with Crippen LogP contribution in [0.5, 0.6) is 0 Å². The van der Waals surface area contributed by atoms with Gasteiger partial charge in [-0.2, -0.15) is 4.98 Å². The van der Waals surface area contributed by atoms with E-state index in [1.54, 1.807) is 0 Å². The zero-order chi connectivity index (χ0) is 13.7. The Labute approximate surface area is 121 Å². The second kappa shape index (κ2) is 6.82. The van der Waals surface area contributed by atoms with Crippen molar-refractivity contribution in [2.45, 2.75) is 32.6 Å². The molecule has 0 unspecified atom stereocenters. The van der Waals surface area contributed by atoms with Crippen molar-refractivity contribution >= 4 is 40.1 Å². The minimum atomic E-state index is 0.139. The third-order valence-electron chi connectivity index (χ3n) is 2.73. The molecule has 0 aliphatic heterocycles. The van der Waals surface area contributed by atoms with Gasteiger partial charge in [-0.15, -0.1) is 0 Å². The zero-order valence-electron chi connectivity index (χ0n) is 10.7. The van der Waals surface area contributed by atoms with E-state index in [9.17, 15) is 0 Å². The number of nitrogens with one attached hydrogen (secondary N) is 1. The Morgan fingerprint density at radius 1 is 1.05 bits per heavy atom. The van der Waals surface area contributed by atoms with Gasteiger partial charge in [0.05, 0.1) is 0 Å². The summed E-state index contributed by atoms with van der Waals surface area (Å²) in [5, 5.41) is 3.65. The molecular weight excluding hydrogens is 285 g/mol. The van der Waals surface area contributed by atoms with Crippen LogP contribution in [0, 0.1) is 0 Å². The van der Waals surface area contributed by atoms with Gasteiger partial charge in [0, 0.05) is 6.54 Å². The van der Waals surface area contributed by atoms with E-state index >= 15 is 0 Å². The number of hydrogen-bond donors (Lipinski definition) is 1. The molecule has 0 amide bonds. The van der Waals surface area contributed by atoms with Gasteiger partial charge in [-0.3, -0.25) is 0 Å². The Balaban J connectivity index is 2.16. The van der Waals surface area contributed by atoms with Crippen molar-refractivity contribution in [3.63, 3.8) is 0 Å². The van der Waals surface area contributed by atoms with Crippen LogP contribution < -0.4 is 5.32 Å². The fourth-order valence-electron chi connectivity index (χ4n) is 1.77. The Morgan fingerprint density at radius 3 is 2.68 bits per heavy atom. The lowest BCUT2D eigenvalue weighted by atomic mass is 10.2. The average Bonchev–Trinajstić information content (AvgIpc) is 2.39. The van der Waals surface area contributed by atoms with E-state index in [-0.39, 0.29) is 10.4 Å². The summed E-state index contributed by atoms with van der Waals surface area (Å²) in [6.45, 7) is 3.01. The Morgan fingerprint density at radius 2 is 1.89 bits per heavy atom. The number of nitrogens with zero attached hydrogens (tertiary/aromatic N) is 4. The molecule has 102 valence electrons. The summed E-state index contributed by atoms with van der Waals surface area (Å²) in [7, 11) is 0. The van der Waals surface area contributed by atoms with Crippen molar-refractivity contribution in [2.24, 2.45) is 0 Å². The summed E-state index contributed by atoms with van der Waals surface area (Å²) in [5.74, 6) is 0.607. The van der Waals surface area contributed by atoms with E-state index in [0.717, 1.165) is 13.0 Å². The van der Waals surface area contributed by atoms with E-state index in [0.29, 0.717) is 16.9 Å². The summed E-state index contributed by atoms with van der Waals surface area (Å²) in [6.07, 6.45) is 6.11. The number of anilines is 1. The van der Waals surface area contributed by atoms with Crippen molar-refractivity contribution in [1.82, 2.24) is 19.9 Å². The molecule has 0 bridgehead atoms. The van der Waals surface area contributed by atoms with E-state index in [4.69, 9.17) is 23.2 Å². The first-order valence-electron chi connectivity index (χ1n) is 6.30. The van der Waals surface area contributed by atoms with Crippen LogP contribution in [-0.4, -0.2) is 26.5 Å². The van der Waals surface area contributed by atoms with Crippen LogP contribution in [-0.2, 0) is 0 Å². The van der Waals surface area contributed by atoms with Crippen LogP contribution in [0.15, 0.2) is 6.33 Å². The second-order valence-electron chi connectivity index (χ2n) is 4.19. The number of aromatic nitrogens is 4. The summed E-state index contributed by atoms with van der Waals surface area (Å²) in [4.78, 5) is 16.2. The van der Waals surface area contributed by atoms with Gasteiger partial charge in [0.15, 0.2) is 11.0 Å². The molecule has 0 saturated heterocycles. The lowest BCUT2D eigenvalue weighted by molar-refractivity contribution is 0.684. The topological polar surface area (TPSA) is 63.6 Å². The maximum Gasteiger partial charge on any atom is 0.225 e. The maximum atomic E-state index is 5.98. The van der Waals surface area contributed by atoms with Crippen molar-refractivity contribution in [1.29, 1.82) is 0 Å². The quantitative estimate of drug-likeness (QED) is 0.500. The largest absolute Gasteiger partial charge is 0.368 e. The molecule has 0 spiro atoms. The lowest BCUT2D eigenvalue weighted by Crippen LogP contribution is -2.06. The highest BCUT2D eigenvalue weighted by Gasteiger charge is 2.11. The van der Waals surface area contributed by atoms with Crippen LogP contribution in [0.1, 0.15) is 32.6 Å². The highest BCUT2D eigenvalue weighted by Crippen LogP contribution is 2.24. The number of hydrogen-bond acceptors (Lipinski definition) is 5. The Bertz CT molecular complexity index is 561. The molecule has 0 fully saturated rings. The summed E-state index contributed by atoms with van der Waals surface area (Å²) in [6, 6.07) is 0. The molecule has 2 heterocycles. The molecular formula is C12H15Cl2N5. The molecule has 19 heavy (non-hydrogen) atoms. The SMILES string of the molecule is CCCCCCNc1nc(Cl)nc2c(Cl)ncnc12. The molecule has 5 nitrogen and oxygen atoms in total. The molecule has 2 aromatic heterocycles. The Kier molecular flexibility index (Phi) is 5.10. The van der Waals surface area contributed by atoms with Crippen LogP contribution in [0.3, 0.4) is 0 Å². The van der Waals surface area contributed by atoms with Crippen LogP contribution >= 0.6 is 23.2 Å². The predicted molar refractivity (Wildman–Crippen MR) is 77.8 cm³/mol. The van der Waals surface area contributed by atoms with Gasteiger partial charge in [0.25, 0.3) is 0 Å². The molecule has 1 N–H and O–H groups in total. The van der Waals surface area contributed by atoms with Gasteiger partial charge >= 0.3 is 0 Å². The van der Waals surface area contributed by atoms with Gasteiger partial charge in [-0.25, -0.2) is 15.0 Å². The lowest BCUT2D eigenvalue weighted by Gasteiger charge is -2.08.